The maximum absolute atomic E-state index is 5.53. The molecule has 0 bridgehead atoms. The first-order valence-corrected chi connectivity index (χ1v) is 6.76. The van der Waals surface area contributed by atoms with Gasteiger partial charge in [-0.25, -0.2) is 0 Å². The van der Waals surface area contributed by atoms with E-state index in [0.717, 1.165) is 22.7 Å². The standard InChI is InChI=1S/C13H18BrN3O/c1-8-11(10(3)17(4)16-8)7-15-9(2)12-5-6-13(14)18-12/h5-6,9,15H,7H2,1-4H3. The van der Waals surface area contributed by atoms with Crippen LogP contribution in [-0.2, 0) is 13.6 Å². The topological polar surface area (TPSA) is 43.0 Å². The van der Waals surface area contributed by atoms with Crippen LogP contribution in [0.2, 0.25) is 0 Å². The summed E-state index contributed by atoms with van der Waals surface area (Å²) in [5.74, 6) is 0.932. The number of nitrogens with zero attached hydrogens (tertiary/aromatic N) is 2. The molecule has 18 heavy (non-hydrogen) atoms. The zero-order chi connectivity index (χ0) is 13.3. The van der Waals surface area contributed by atoms with Crippen LogP contribution >= 0.6 is 15.9 Å². The van der Waals surface area contributed by atoms with Crippen molar-refractivity contribution in [2.24, 2.45) is 7.05 Å². The van der Waals surface area contributed by atoms with E-state index in [0.29, 0.717) is 0 Å². The Kier molecular flexibility index (Phi) is 3.92. The smallest absolute Gasteiger partial charge is 0.169 e. The highest BCUT2D eigenvalue weighted by molar-refractivity contribution is 9.10. The molecule has 0 aliphatic rings. The van der Waals surface area contributed by atoms with Gasteiger partial charge < -0.3 is 9.73 Å². The lowest BCUT2D eigenvalue weighted by molar-refractivity contribution is 0.417. The second-order valence-corrected chi connectivity index (χ2v) is 5.30. The van der Waals surface area contributed by atoms with Crippen molar-refractivity contribution in [3.8, 4) is 0 Å². The van der Waals surface area contributed by atoms with Crippen molar-refractivity contribution in [2.75, 3.05) is 0 Å². The lowest BCUT2D eigenvalue weighted by Gasteiger charge is -2.11. The quantitative estimate of drug-likeness (QED) is 0.942. The van der Waals surface area contributed by atoms with E-state index in [1.165, 1.54) is 11.3 Å². The van der Waals surface area contributed by atoms with Gasteiger partial charge in [0.1, 0.15) is 5.76 Å². The average Bonchev–Trinajstić information content (AvgIpc) is 2.83. The molecule has 1 atom stereocenters. The third-order valence-corrected chi connectivity index (χ3v) is 3.69. The van der Waals surface area contributed by atoms with Crippen LogP contribution in [0.15, 0.2) is 21.2 Å². The molecule has 0 aromatic carbocycles. The number of nitrogens with one attached hydrogen (secondary N) is 1. The summed E-state index contributed by atoms with van der Waals surface area (Å²) in [7, 11) is 1.97. The van der Waals surface area contributed by atoms with Crippen LogP contribution in [0.4, 0.5) is 0 Å². The first kappa shape index (κ1) is 13.4. The fourth-order valence-corrected chi connectivity index (χ4v) is 2.31. The summed E-state index contributed by atoms with van der Waals surface area (Å²) in [6.45, 7) is 7.01. The number of furan rings is 1. The van der Waals surface area contributed by atoms with Gasteiger partial charge in [-0.1, -0.05) is 0 Å². The van der Waals surface area contributed by atoms with Crippen molar-refractivity contribution in [3.63, 3.8) is 0 Å². The van der Waals surface area contributed by atoms with Gasteiger partial charge in [0.25, 0.3) is 0 Å². The van der Waals surface area contributed by atoms with Crippen LogP contribution in [0.5, 0.6) is 0 Å². The van der Waals surface area contributed by atoms with Gasteiger partial charge in [0.15, 0.2) is 4.67 Å². The largest absolute Gasteiger partial charge is 0.453 e. The van der Waals surface area contributed by atoms with Gasteiger partial charge in [0.05, 0.1) is 11.7 Å². The van der Waals surface area contributed by atoms with Gasteiger partial charge in [-0.05, 0) is 48.8 Å². The third kappa shape index (κ3) is 2.67. The summed E-state index contributed by atoms with van der Waals surface area (Å²) in [5.41, 5.74) is 3.54. The van der Waals surface area contributed by atoms with Gasteiger partial charge >= 0.3 is 0 Å². The minimum absolute atomic E-state index is 0.176. The fraction of sp³-hybridized carbons (Fsp3) is 0.462. The van der Waals surface area contributed by atoms with Crippen molar-refractivity contribution in [3.05, 3.63) is 39.5 Å². The summed E-state index contributed by atoms with van der Waals surface area (Å²) in [4.78, 5) is 0. The number of rotatable bonds is 4. The number of aromatic nitrogens is 2. The molecule has 0 radical (unpaired) electrons. The molecule has 5 heteroatoms. The second-order valence-electron chi connectivity index (χ2n) is 4.52. The van der Waals surface area contributed by atoms with E-state index in [4.69, 9.17) is 4.42 Å². The maximum atomic E-state index is 5.53. The first-order valence-electron chi connectivity index (χ1n) is 5.96. The minimum Gasteiger partial charge on any atom is -0.453 e. The summed E-state index contributed by atoms with van der Waals surface area (Å²) in [6, 6.07) is 4.06. The molecular weight excluding hydrogens is 294 g/mol. The molecule has 98 valence electrons. The third-order valence-electron chi connectivity index (χ3n) is 3.26. The van der Waals surface area contributed by atoms with Crippen LogP contribution in [0, 0.1) is 13.8 Å². The SMILES string of the molecule is Cc1nn(C)c(C)c1CNC(C)c1ccc(Br)o1. The van der Waals surface area contributed by atoms with Crippen LogP contribution in [0.1, 0.15) is 35.7 Å². The molecule has 2 heterocycles. The number of halogens is 1. The molecule has 0 aliphatic carbocycles. The number of aryl methyl sites for hydroxylation is 2. The van der Waals surface area contributed by atoms with E-state index in [1.54, 1.807) is 0 Å². The Morgan fingerprint density at radius 3 is 2.67 bits per heavy atom. The highest BCUT2D eigenvalue weighted by Crippen LogP contribution is 2.21. The molecule has 0 aliphatic heterocycles. The van der Waals surface area contributed by atoms with Crippen molar-refractivity contribution in [1.29, 1.82) is 0 Å². The van der Waals surface area contributed by atoms with Crippen LogP contribution in [-0.4, -0.2) is 9.78 Å². The molecule has 1 unspecified atom stereocenters. The van der Waals surface area contributed by atoms with E-state index in [-0.39, 0.29) is 6.04 Å². The molecule has 4 nitrogen and oxygen atoms in total. The van der Waals surface area contributed by atoms with Gasteiger partial charge in [-0.15, -0.1) is 0 Å². The summed E-state index contributed by atoms with van der Waals surface area (Å²) < 4.78 is 8.21. The average molecular weight is 312 g/mol. The Hall–Kier alpha value is -1.07. The Labute approximate surface area is 115 Å². The molecule has 0 amide bonds. The molecule has 0 fully saturated rings. The van der Waals surface area contributed by atoms with E-state index < -0.39 is 0 Å². The summed E-state index contributed by atoms with van der Waals surface area (Å²) in [6.07, 6.45) is 0. The normalized spacial score (nSPS) is 12.9. The highest BCUT2D eigenvalue weighted by atomic mass is 79.9. The highest BCUT2D eigenvalue weighted by Gasteiger charge is 2.13. The Bertz CT molecular complexity index is 544. The van der Waals surface area contributed by atoms with Gasteiger partial charge in [0, 0.05) is 24.8 Å². The van der Waals surface area contributed by atoms with Crippen molar-refractivity contribution in [1.82, 2.24) is 15.1 Å². The molecule has 2 aromatic heterocycles. The zero-order valence-corrected chi connectivity index (χ0v) is 12.7. The number of hydrogen-bond donors (Lipinski definition) is 1. The van der Waals surface area contributed by atoms with E-state index in [1.807, 2.05) is 30.8 Å². The van der Waals surface area contributed by atoms with E-state index in [9.17, 15) is 0 Å². The zero-order valence-electron chi connectivity index (χ0n) is 11.1. The molecular formula is C13H18BrN3O. The predicted octanol–water partition coefficient (Wildman–Crippen LogP) is 3.24. The molecule has 0 saturated heterocycles. The second kappa shape index (κ2) is 5.28. The molecule has 0 saturated carbocycles. The molecule has 2 aromatic rings. The Balaban J connectivity index is 2.03. The van der Waals surface area contributed by atoms with Crippen LogP contribution in [0.3, 0.4) is 0 Å². The summed E-state index contributed by atoms with van der Waals surface area (Å²) >= 11 is 3.32. The molecule has 2 rings (SSSR count). The lowest BCUT2D eigenvalue weighted by Crippen LogP contribution is -2.18. The van der Waals surface area contributed by atoms with Crippen molar-refractivity contribution in [2.45, 2.75) is 33.4 Å². The van der Waals surface area contributed by atoms with E-state index in [2.05, 4.69) is 40.2 Å². The Morgan fingerprint density at radius 1 is 1.44 bits per heavy atom. The first-order chi connectivity index (χ1) is 8.49. The van der Waals surface area contributed by atoms with Gasteiger partial charge in [-0.3, -0.25) is 4.68 Å². The van der Waals surface area contributed by atoms with Crippen LogP contribution < -0.4 is 5.32 Å². The molecule has 1 N–H and O–H groups in total. The maximum Gasteiger partial charge on any atom is 0.169 e. The van der Waals surface area contributed by atoms with Gasteiger partial charge in [0.2, 0.25) is 0 Å². The fourth-order valence-electron chi connectivity index (χ4n) is 1.99. The van der Waals surface area contributed by atoms with Crippen molar-refractivity contribution >= 4 is 15.9 Å². The lowest BCUT2D eigenvalue weighted by atomic mass is 10.1. The minimum atomic E-state index is 0.176. The monoisotopic (exact) mass is 311 g/mol. The summed E-state index contributed by atoms with van der Waals surface area (Å²) in [5, 5.41) is 7.87. The van der Waals surface area contributed by atoms with Crippen molar-refractivity contribution < 1.29 is 4.42 Å². The predicted molar refractivity (Wildman–Crippen MR) is 74.3 cm³/mol. The molecule has 0 spiro atoms. The Morgan fingerprint density at radius 2 is 2.17 bits per heavy atom. The number of hydrogen-bond acceptors (Lipinski definition) is 3. The van der Waals surface area contributed by atoms with Gasteiger partial charge in [-0.2, -0.15) is 5.10 Å². The van der Waals surface area contributed by atoms with Crippen LogP contribution in [0.25, 0.3) is 0 Å². The van der Waals surface area contributed by atoms with E-state index >= 15 is 0 Å².